The number of amides is 2. The molecule has 1 unspecified atom stereocenters. The van der Waals surface area contributed by atoms with Crippen molar-refractivity contribution in [1.82, 2.24) is 9.88 Å². The Hall–Kier alpha value is -3.66. The molecule has 1 aromatic heterocycles. The van der Waals surface area contributed by atoms with Gasteiger partial charge in [0.2, 0.25) is 0 Å². The molecule has 2 aromatic rings. The second kappa shape index (κ2) is 16.1. The number of fused-ring (bicyclic) bond motifs is 1. The fourth-order valence-electron chi connectivity index (χ4n) is 4.68. The number of halogens is 1. The summed E-state index contributed by atoms with van der Waals surface area (Å²) in [5.74, 6) is -0.367. The molecule has 2 N–H and O–H groups in total. The van der Waals surface area contributed by atoms with Crippen LogP contribution in [0.3, 0.4) is 0 Å². The van der Waals surface area contributed by atoms with Crippen LogP contribution in [0, 0.1) is 17.7 Å². The summed E-state index contributed by atoms with van der Waals surface area (Å²) in [5, 5.41) is 19.1. The number of aliphatic hydroxyl groups excluding tert-OH is 1. The van der Waals surface area contributed by atoms with Gasteiger partial charge in [0.1, 0.15) is 17.7 Å². The maximum atomic E-state index is 14.9. The fraction of sp³-hybridized carbons (Fsp3) is 0.531. The monoisotopic (exact) mass is 581 g/mol. The number of carbonyl (C=O) groups excluding carboxylic acids is 2. The van der Waals surface area contributed by atoms with Crippen LogP contribution in [0.1, 0.15) is 93.9 Å². The van der Waals surface area contributed by atoms with Crippen molar-refractivity contribution in [3.63, 3.8) is 0 Å². The van der Waals surface area contributed by atoms with Gasteiger partial charge < -0.3 is 20.1 Å². The second-order valence-electron chi connectivity index (χ2n) is 11.2. The van der Waals surface area contributed by atoms with E-state index in [1.54, 1.807) is 30.2 Å². The van der Waals surface area contributed by atoms with E-state index in [1.165, 1.54) is 12.1 Å². The van der Waals surface area contributed by atoms with Crippen molar-refractivity contribution in [2.45, 2.75) is 85.8 Å². The molecule has 1 aliphatic carbocycles. The van der Waals surface area contributed by atoms with Gasteiger partial charge in [-0.05, 0) is 86.8 Å². The molecular formula is C32H44FN5O4. The molecule has 1 atom stereocenters. The minimum Gasteiger partial charge on any atom is -0.446 e. The van der Waals surface area contributed by atoms with Crippen molar-refractivity contribution < 1.29 is 23.8 Å². The summed E-state index contributed by atoms with van der Waals surface area (Å²) in [4.78, 5) is 31.9. The molecule has 1 aromatic carbocycles. The average molecular weight is 582 g/mol. The van der Waals surface area contributed by atoms with Crippen LogP contribution in [0.25, 0.3) is 0 Å². The van der Waals surface area contributed by atoms with E-state index < -0.39 is 11.7 Å². The Kier molecular flexibility index (Phi) is 12.6. The van der Waals surface area contributed by atoms with Crippen LogP contribution in [-0.2, 0) is 17.7 Å². The number of rotatable bonds is 8. The molecular weight excluding hydrogens is 537 g/mol. The third kappa shape index (κ3) is 9.17. The molecule has 10 heteroatoms. The van der Waals surface area contributed by atoms with Crippen LogP contribution in [0.15, 0.2) is 40.5 Å². The smallest absolute Gasteiger partial charge is 0.410 e. The van der Waals surface area contributed by atoms with E-state index in [0.29, 0.717) is 36.9 Å². The van der Waals surface area contributed by atoms with Gasteiger partial charge >= 0.3 is 6.09 Å². The molecule has 1 aliphatic heterocycles. The van der Waals surface area contributed by atoms with Gasteiger partial charge in [-0.15, -0.1) is 0 Å². The predicted octanol–water partition coefficient (Wildman–Crippen LogP) is 6.39. The Bertz CT molecular complexity index is 1270. The summed E-state index contributed by atoms with van der Waals surface area (Å²) in [6.45, 7) is 10.9. The number of benzene rings is 1. The lowest BCUT2D eigenvalue weighted by atomic mass is 9.96. The highest BCUT2D eigenvalue weighted by molar-refractivity contribution is 6.05. The maximum absolute atomic E-state index is 14.9. The van der Waals surface area contributed by atoms with E-state index in [0.717, 1.165) is 43.2 Å². The number of hydrogen-bond acceptors (Lipinski definition) is 7. The molecule has 0 radical (unpaired) electrons. The number of carbonyl (C=O) groups is 2. The molecule has 0 bridgehead atoms. The number of aliphatic hydroxyl groups is 1. The molecule has 0 spiro atoms. The van der Waals surface area contributed by atoms with E-state index in [1.807, 2.05) is 26.8 Å². The van der Waals surface area contributed by atoms with Gasteiger partial charge in [0.05, 0.1) is 17.0 Å². The highest BCUT2D eigenvalue weighted by atomic mass is 19.1. The molecule has 9 nitrogen and oxygen atoms in total. The minimum atomic E-state index is -0.607. The quantitative estimate of drug-likeness (QED) is 0.277. The fourth-order valence-corrected chi connectivity index (χ4v) is 4.68. The van der Waals surface area contributed by atoms with Crippen molar-refractivity contribution in [1.29, 1.82) is 0 Å². The van der Waals surface area contributed by atoms with Crippen LogP contribution >= 0.6 is 0 Å². The van der Waals surface area contributed by atoms with E-state index in [-0.39, 0.29) is 36.0 Å². The van der Waals surface area contributed by atoms with E-state index in [2.05, 4.69) is 27.4 Å². The minimum absolute atomic E-state index is 0.0219. The van der Waals surface area contributed by atoms with Gasteiger partial charge in [0.15, 0.2) is 0 Å². The maximum Gasteiger partial charge on any atom is 0.410 e. The van der Waals surface area contributed by atoms with Crippen molar-refractivity contribution in [2.24, 2.45) is 22.0 Å². The molecule has 2 aliphatic rings. The Labute approximate surface area is 248 Å². The Morgan fingerprint density at radius 3 is 2.57 bits per heavy atom. The summed E-state index contributed by atoms with van der Waals surface area (Å²) in [5.41, 5.74) is 2.75. The highest BCUT2D eigenvalue weighted by Crippen LogP contribution is 2.26. The number of nitrogens with zero attached hydrogens (tertiary/aromatic N) is 4. The zero-order valence-electron chi connectivity index (χ0n) is 25.4. The summed E-state index contributed by atoms with van der Waals surface area (Å²) < 4.78 is 20.6. The standard InChI is InChI=1S/C28H34FN5O3.C4H10O/c1-4-18(3)26(33-30-5-2)24-11-8-12-25(31-24)32-27(35)22-15-20-17-34(14-13-19(20)16-23(22)29)28(36)37-21-9-6-7-10-21;1-4(2)3-5/h5,8,11-12,15-16,18,21H,4,6-7,9-10,13-14,17H2,1-3H3,(H,31,32,35);4-5H,3H2,1-2H3/b30-5-,33-26+;. The third-order valence-electron chi connectivity index (χ3n) is 7.35. The zero-order chi connectivity index (χ0) is 30.6. The van der Waals surface area contributed by atoms with Gasteiger partial charge in [0.25, 0.3) is 5.91 Å². The van der Waals surface area contributed by atoms with Crippen LogP contribution in [0.2, 0.25) is 0 Å². The van der Waals surface area contributed by atoms with Gasteiger partial charge in [-0.2, -0.15) is 10.2 Å². The lowest BCUT2D eigenvalue weighted by Gasteiger charge is -2.29. The van der Waals surface area contributed by atoms with Crippen LogP contribution < -0.4 is 5.32 Å². The van der Waals surface area contributed by atoms with Crippen LogP contribution in [0.4, 0.5) is 15.0 Å². The van der Waals surface area contributed by atoms with Crippen molar-refractivity contribution in [3.05, 3.63) is 58.5 Å². The number of nitrogens with one attached hydrogen (secondary N) is 1. The third-order valence-corrected chi connectivity index (χ3v) is 7.35. The number of pyridine rings is 1. The SMILES string of the molecule is C/C=N\N=C(\c1cccc(NC(=O)c2cc3c(cc2F)CCN(C(=O)OC2CCCC2)C3)n1)C(C)CC.CC(C)CO. The molecule has 1 fully saturated rings. The molecule has 1 saturated carbocycles. The lowest BCUT2D eigenvalue weighted by Crippen LogP contribution is -2.38. The first-order valence-corrected chi connectivity index (χ1v) is 14.9. The zero-order valence-corrected chi connectivity index (χ0v) is 25.4. The first-order valence-electron chi connectivity index (χ1n) is 14.9. The van der Waals surface area contributed by atoms with Gasteiger partial charge in [0, 0.05) is 31.8 Å². The largest absolute Gasteiger partial charge is 0.446 e. The first-order chi connectivity index (χ1) is 20.2. The first kappa shape index (κ1) is 32.8. The number of hydrogen-bond donors (Lipinski definition) is 2. The van der Waals surface area contributed by atoms with Gasteiger partial charge in [-0.25, -0.2) is 14.2 Å². The van der Waals surface area contributed by atoms with Gasteiger partial charge in [-0.1, -0.05) is 33.8 Å². The van der Waals surface area contributed by atoms with E-state index >= 15 is 0 Å². The molecule has 42 heavy (non-hydrogen) atoms. The summed E-state index contributed by atoms with van der Waals surface area (Å²) in [7, 11) is 0. The van der Waals surface area contributed by atoms with Crippen LogP contribution in [0.5, 0.6) is 0 Å². The van der Waals surface area contributed by atoms with Crippen molar-refractivity contribution >= 4 is 29.7 Å². The highest BCUT2D eigenvalue weighted by Gasteiger charge is 2.28. The average Bonchev–Trinajstić information content (AvgIpc) is 3.50. The normalized spacial score (nSPS) is 16.2. The molecule has 228 valence electrons. The summed E-state index contributed by atoms with van der Waals surface area (Å²) in [6, 6.07) is 8.15. The molecule has 2 amide bonds. The van der Waals surface area contributed by atoms with E-state index in [9.17, 15) is 14.0 Å². The lowest BCUT2D eigenvalue weighted by molar-refractivity contribution is 0.0618. The number of ether oxygens (including phenoxy) is 1. The second-order valence-corrected chi connectivity index (χ2v) is 11.2. The van der Waals surface area contributed by atoms with Crippen molar-refractivity contribution in [2.75, 3.05) is 18.5 Å². The number of anilines is 1. The predicted molar refractivity (Wildman–Crippen MR) is 164 cm³/mol. The topological polar surface area (TPSA) is 116 Å². The molecule has 0 saturated heterocycles. The number of aromatic nitrogens is 1. The van der Waals surface area contributed by atoms with Crippen LogP contribution in [-0.4, -0.2) is 58.2 Å². The summed E-state index contributed by atoms with van der Waals surface area (Å²) >= 11 is 0. The Morgan fingerprint density at radius 1 is 1.21 bits per heavy atom. The molecule has 4 rings (SSSR count). The Balaban J connectivity index is 0.000000892. The van der Waals surface area contributed by atoms with E-state index in [4.69, 9.17) is 9.84 Å². The Morgan fingerprint density at radius 2 is 1.93 bits per heavy atom. The summed E-state index contributed by atoms with van der Waals surface area (Å²) in [6.07, 6.45) is 6.55. The van der Waals surface area contributed by atoms with Crippen molar-refractivity contribution in [3.8, 4) is 0 Å². The molecule has 2 heterocycles. The van der Waals surface area contributed by atoms with Gasteiger partial charge in [-0.3, -0.25) is 4.79 Å².